The number of aromatic nitrogens is 1. The molecule has 0 saturated heterocycles. The normalized spacial score (nSPS) is 11.0. The average molecular weight is 431 g/mol. The number of methoxy groups -OCH3 is 2. The van der Waals surface area contributed by atoms with E-state index in [9.17, 15) is 13.2 Å². The molecular weight excluding hydrogens is 410 g/mol. The van der Waals surface area contributed by atoms with Gasteiger partial charge in [-0.2, -0.15) is 4.98 Å². The zero-order valence-corrected chi connectivity index (χ0v) is 17.4. The Bertz CT molecular complexity index is 1180. The Morgan fingerprint density at radius 2 is 1.73 bits per heavy atom. The van der Waals surface area contributed by atoms with Crippen LogP contribution >= 0.6 is 0 Å². The van der Waals surface area contributed by atoms with E-state index in [2.05, 4.69) is 10.3 Å². The van der Waals surface area contributed by atoms with E-state index >= 15 is 0 Å². The van der Waals surface area contributed by atoms with Crippen molar-refractivity contribution in [2.75, 3.05) is 26.1 Å². The third kappa shape index (κ3) is 4.38. The van der Waals surface area contributed by atoms with Gasteiger partial charge in [0.1, 0.15) is 11.4 Å². The first-order valence-electron chi connectivity index (χ1n) is 8.97. The molecule has 0 atom stereocenters. The van der Waals surface area contributed by atoms with Crippen LogP contribution in [0.2, 0.25) is 0 Å². The van der Waals surface area contributed by atoms with E-state index in [1.54, 1.807) is 30.3 Å². The first-order chi connectivity index (χ1) is 14.4. The van der Waals surface area contributed by atoms with Crippen LogP contribution in [0.25, 0.3) is 10.8 Å². The minimum absolute atomic E-state index is 0.0449. The number of hydrogen-bond donors (Lipinski definition) is 2. The summed E-state index contributed by atoms with van der Waals surface area (Å²) in [5.74, 6) is 0.922. The van der Waals surface area contributed by atoms with Gasteiger partial charge in [0.25, 0.3) is 10.0 Å². The fourth-order valence-electron chi connectivity index (χ4n) is 2.87. The van der Waals surface area contributed by atoms with Crippen LogP contribution in [0.15, 0.2) is 53.4 Å². The fraction of sp³-hybridized carbons (Fsp3) is 0.200. The van der Waals surface area contributed by atoms with Crippen molar-refractivity contribution in [3.8, 4) is 17.5 Å². The molecule has 9 nitrogen and oxygen atoms in total. The van der Waals surface area contributed by atoms with Crippen LogP contribution in [-0.2, 0) is 10.0 Å². The maximum Gasteiger partial charge on any atom is 0.333 e. The smallest absolute Gasteiger partial charge is 0.333 e. The minimum atomic E-state index is -4.17. The number of benzene rings is 2. The number of nitrogens with zero attached hydrogens (tertiary/aromatic N) is 1. The number of rotatable bonds is 7. The number of pyridine rings is 1. The number of sulfonamides is 1. The van der Waals surface area contributed by atoms with E-state index in [0.717, 1.165) is 0 Å². The van der Waals surface area contributed by atoms with Gasteiger partial charge < -0.3 is 19.5 Å². The SMILES string of the molecule is CCOc1ccc(S(=O)(=O)NC(=O)Nc2ccc(OC)nc2OC)c2ccccc12. The molecule has 30 heavy (non-hydrogen) atoms. The van der Waals surface area contributed by atoms with Gasteiger partial charge in [-0.1, -0.05) is 24.3 Å². The lowest BCUT2D eigenvalue weighted by Crippen LogP contribution is -2.34. The molecule has 2 N–H and O–H groups in total. The van der Waals surface area contributed by atoms with Crippen molar-refractivity contribution in [1.29, 1.82) is 0 Å². The zero-order valence-electron chi connectivity index (χ0n) is 16.6. The molecule has 0 fully saturated rings. The Hall–Kier alpha value is -3.53. The lowest BCUT2D eigenvalue weighted by atomic mass is 10.1. The number of hydrogen-bond acceptors (Lipinski definition) is 7. The predicted octanol–water partition coefficient (Wildman–Crippen LogP) is 3.16. The van der Waals surface area contributed by atoms with E-state index in [0.29, 0.717) is 23.1 Å². The molecule has 1 aromatic heterocycles. The molecule has 0 aliphatic carbocycles. The van der Waals surface area contributed by atoms with Gasteiger partial charge in [0.05, 0.1) is 25.7 Å². The molecule has 3 aromatic rings. The van der Waals surface area contributed by atoms with Crippen molar-refractivity contribution in [2.24, 2.45) is 0 Å². The van der Waals surface area contributed by atoms with Crippen LogP contribution < -0.4 is 24.2 Å². The number of fused-ring (bicyclic) bond motifs is 1. The van der Waals surface area contributed by atoms with Gasteiger partial charge in [-0.15, -0.1) is 0 Å². The molecule has 0 saturated carbocycles. The van der Waals surface area contributed by atoms with Crippen LogP contribution in [-0.4, -0.2) is 40.3 Å². The topological polar surface area (TPSA) is 116 Å². The molecule has 0 aliphatic rings. The highest BCUT2D eigenvalue weighted by molar-refractivity contribution is 7.90. The van der Waals surface area contributed by atoms with Gasteiger partial charge in [0.15, 0.2) is 0 Å². The third-order valence-corrected chi connectivity index (χ3v) is 5.54. The summed E-state index contributed by atoms with van der Waals surface area (Å²) in [6.07, 6.45) is 0. The number of carbonyl (C=O) groups is 1. The van der Waals surface area contributed by atoms with Crippen molar-refractivity contribution in [1.82, 2.24) is 9.71 Å². The van der Waals surface area contributed by atoms with Crippen LogP contribution in [0, 0.1) is 0 Å². The molecule has 1 heterocycles. The van der Waals surface area contributed by atoms with Gasteiger partial charge in [0, 0.05) is 16.8 Å². The Morgan fingerprint density at radius 3 is 2.40 bits per heavy atom. The summed E-state index contributed by atoms with van der Waals surface area (Å²) in [7, 11) is -1.37. The van der Waals surface area contributed by atoms with Gasteiger partial charge in [-0.05, 0) is 25.1 Å². The van der Waals surface area contributed by atoms with Crippen LogP contribution in [0.5, 0.6) is 17.5 Å². The second kappa shape index (κ2) is 8.87. The maximum absolute atomic E-state index is 12.9. The largest absolute Gasteiger partial charge is 0.493 e. The van der Waals surface area contributed by atoms with Crippen molar-refractivity contribution >= 4 is 32.5 Å². The third-order valence-electron chi connectivity index (χ3n) is 4.15. The highest BCUT2D eigenvalue weighted by Gasteiger charge is 2.22. The number of nitrogens with one attached hydrogen (secondary N) is 2. The van der Waals surface area contributed by atoms with E-state index < -0.39 is 16.1 Å². The van der Waals surface area contributed by atoms with Gasteiger partial charge in [-0.25, -0.2) is 17.9 Å². The number of anilines is 1. The molecule has 10 heteroatoms. The number of ether oxygens (including phenoxy) is 3. The Labute approximate surface area is 174 Å². The van der Waals surface area contributed by atoms with Crippen molar-refractivity contribution < 1.29 is 27.4 Å². The van der Waals surface area contributed by atoms with E-state index in [4.69, 9.17) is 14.2 Å². The van der Waals surface area contributed by atoms with Crippen LogP contribution in [0.4, 0.5) is 10.5 Å². The van der Waals surface area contributed by atoms with E-state index in [1.807, 2.05) is 11.6 Å². The van der Waals surface area contributed by atoms with Crippen molar-refractivity contribution in [2.45, 2.75) is 11.8 Å². The van der Waals surface area contributed by atoms with Gasteiger partial charge >= 0.3 is 6.03 Å². The van der Waals surface area contributed by atoms with Crippen LogP contribution in [0.1, 0.15) is 6.92 Å². The molecule has 158 valence electrons. The fourth-order valence-corrected chi connectivity index (χ4v) is 3.99. The molecule has 0 spiro atoms. The summed E-state index contributed by atoms with van der Waals surface area (Å²) in [6, 6.07) is 11.9. The highest BCUT2D eigenvalue weighted by atomic mass is 32.2. The number of amides is 2. The lowest BCUT2D eigenvalue weighted by molar-refractivity contribution is 0.256. The maximum atomic E-state index is 12.9. The summed E-state index contributed by atoms with van der Waals surface area (Å²) < 4.78 is 43.5. The predicted molar refractivity (Wildman–Crippen MR) is 112 cm³/mol. The molecule has 2 aromatic carbocycles. The van der Waals surface area contributed by atoms with Crippen molar-refractivity contribution in [3.63, 3.8) is 0 Å². The van der Waals surface area contributed by atoms with Gasteiger partial charge in [-0.3, -0.25) is 0 Å². The molecular formula is C20H21N3O6S. The van der Waals surface area contributed by atoms with Crippen LogP contribution in [0.3, 0.4) is 0 Å². The molecule has 3 rings (SSSR count). The standard InChI is InChI=1S/C20H21N3O6S/c1-4-29-16-10-11-17(14-8-6-5-7-13(14)16)30(25,26)23-20(24)21-15-9-12-18(27-2)22-19(15)28-3/h5-12H,4H2,1-3H3,(H2,21,23,24). The quantitative estimate of drug-likeness (QED) is 0.590. The monoisotopic (exact) mass is 431 g/mol. The summed E-state index contributed by atoms with van der Waals surface area (Å²) >= 11 is 0. The molecule has 0 aliphatic heterocycles. The molecule has 0 radical (unpaired) electrons. The molecule has 0 bridgehead atoms. The first kappa shape index (κ1) is 21.2. The van der Waals surface area contributed by atoms with E-state index in [-0.39, 0.29) is 22.3 Å². The molecule has 2 amide bonds. The van der Waals surface area contributed by atoms with Crippen molar-refractivity contribution in [3.05, 3.63) is 48.5 Å². The number of urea groups is 1. The summed E-state index contributed by atoms with van der Waals surface area (Å²) in [5.41, 5.74) is 0.183. The Kier molecular flexibility index (Phi) is 6.26. The second-order valence-electron chi connectivity index (χ2n) is 6.01. The summed E-state index contributed by atoms with van der Waals surface area (Å²) in [4.78, 5) is 16.4. The lowest BCUT2D eigenvalue weighted by Gasteiger charge is -2.14. The van der Waals surface area contributed by atoms with E-state index in [1.165, 1.54) is 32.4 Å². The van der Waals surface area contributed by atoms with Gasteiger partial charge in [0.2, 0.25) is 11.8 Å². The second-order valence-corrected chi connectivity index (χ2v) is 7.66. The minimum Gasteiger partial charge on any atom is -0.493 e. The highest BCUT2D eigenvalue weighted by Crippen LogP contribution is 2.31. The Balaban J connectivity index is 1.89. The average Bonchev–Trinajstić information content (AvgIpc) is 2.73. The molecule has 0 unspecified atom stereocenters. The number of carbonyl (C=O) groups excluding carboxylic acids is 1. The summed E-state index contributed by atoms with van der Waals surface area (Å²) in [5, 5.41) is 3.49. The zero-order chi connectivity index (χ0) is 21.7. The first-order valence-corrected chi connectivity index (χ1v) is 10.4. The Morgan fingerprint density at radius 1 is 1.00 bits per heavy atom. The summed E-state index contributed by atoms with van der Waals surface area (Å²) in [6.45, 7) is 2.28.